The van der Waals surface area contributed by atoms with Gasteiger partial charge in [-0.25, -0.2) is 0 Å². The molecule has 0 aliphatic rings. The monoisotopic (exact) mass is 270 g/mol. The quantitative estimate of drug-likeness (QED) is 0.795. The molecular formula is C16H18N2O2. The minimum Gasteiger partial charge on any atom is -0.507 e. The molecule has 0 heterocycles. The van der Waals surface area contributed by atoms with Gasteiger partial charge in [-0.3, -0.25) is 4.79 Å². The normalized spacial score (nSPS) is 11.9. The molecule has 1 amide bonds. The Kier molecular flexibility index (Phi) is 4.38. The zero-order chi connectivity index (χ0) is 14.5. The number of hydrogen-bond donors (Lipinski definition) is 3. The van der Waals surface area contributed by atoms with Crippen molar-refractivity contribution in [2.24, 2.45) is 5.73 Å². The van der Waals surface area contributed by atoms with Crippen molar-refractivity contribution >= 4 is 5.91 Å². The van der Waals surface area contributed by atoms with Gasteiger partial charge in [0, 0.05) is 12.1 Å². The number of nitrogens with two attached hydrogens (primary N) is 1. The third-order valence-electron chi connectivity index (χ3n) is 3.05. The molecule has 0 aromatic heterocycles. The fraction of sp³-hybridized carbons (Fsp3) is 0.188. The van der Waals surface area contributed by atoms with Crippen LogP contribution in [0.5, 0.6) is 5.75 Å². The fourth-order valence-electron chi connectivity index (χ4n) is 1.87. The van der Waals surface area contributed by atoms with E-state index in [9.17, 15) is 9.90 Å². The summed E-state index contributed by atoms with van der Waals surface area (Å²) in [5.74, 6) is 0.0836. The highest BCUT2D eigenvalue weighted by Gasteiger charge is 2.07. The first-order valence-corrected chi connectivity index (χ1v) is 6.48. The van der Waals surface area contributed by atoms with Crippen LogP contribution in [-0.4, -0.2) is 17.1 Å². The molecule has 0 spiro atoms. The number of nitrogens with one attached hydrogen (secondary N) is 1. The van der Waals surface area contributed by atoms with Crippen molar-refractivity contribution in [3.05, 3.63) is 54.1 Å². The van der Waals surface area contributed by atoms with Crippen LogP contribution in [0.25, 0.3) is 11.1 Å². The van der Waals surface area contributed by atoms with Crippen molar-refractivity contribution in [1.29, 1.82) is 0 Å². The van der Waals surface area contributed by atoms with Crippen LogP contribution in [0.1, 0.15) is 12.5 Å². The van der Waals surface area contributed by atoms with Crippen molar-refractivity contribution in [2.75, 3.05) is 0 Å². The third kappa shape index (κ3) is 3.36. The number of amides is 1. The van der Waals surface area contributed by atoms with E-state index in [4.69, 9.17) is 5.73 Å². The van der Waals surface area contributed by atoms with Gasteiger partial charge >= 0.3 is 0 Å². The first-order valence-electron chi connectivity index (χ1n) is 6.48. The van der Waals surface area contributed by atoms with Gasteiger partial charge in [-0.15, -0.1) is 0 Å². The summed E-state index contributed by atoms with van der Waals surface area (Å²) in [7, 11) is 0. The van der Waals surface area contributed by atoms with E-state index in [1.807, 2.05) is 36.4 Å². The molecule has 104 valence electrons. The van der Waals surface area contributed by atoms with Crippen LogP contribution < -0.4 is 11.1 Å². The van der Waals surface area contributed by atoms with Crippen molar-refractivity contribution < 1.29 is 9.90 Å². The number of phenols is 1. The van der Waals surface area contributed by atoms with Gasteiger partial charge in [0.2, 0.25) is 5.91 Å². The summed E-state index contributed by atoms with van der Waals surface area (Å²) in [4.78, 5) is 11.4. The van der Waals surface area contributed by atoms with Gasteiger partial charge in [0.05, 0.1) is 6.04 Å². The lowest BCUT2D eigenvalue weighted by Gasteiger charge is -2.09. The molecule has 0 saturated heterocycles. The first-order chi connectivity index (χ1) is 9.58. The minimum absolute atomic E-state index is 0.171. The van der Waals surface area contributed by atoms with Gasteiger partial charge in [-0.1, -0.05) is 42.5 Å². The number of carbonyl (C=O) groups is 1. The lowest BCUT2D eigenvalue weighted by Crippen LogP contribution is -2.37. The number of para-hydroxylation sites is 1. The maximum atomic E-state index is 11.4. The summed E-state index contributed by atoms with van der Waals surface area (Å²) in [6, 6.07) is 14.4. The molecule has 0 aliphatic heterocycles. The number of hydrogen-bond acceptors (Lipinski definition) is 3. The molecule has 20 heavy (non-hydrogen) atoms. The number of phenolic OH excluding ortho intramolecular Hbond substituents is 1. The van der Waals surface area contributed by atoms with E-state index in [2.05, 4.69) is 5.32 Å². The lowest BCUT2D eigenvalue weighted by molar-refractivity contribution is -0.122. The van der Waals surface area contributed by atoms with E-state index in [1.165, 1.54) is 0 Å². The van der Waals surface area contributed by atoms with Crippen LogP contribution in [0.15, 0.2) is 48.5 Å². The Balaban J connectivity index is 2.07. The van der Waals surface area contributed by atoms with Gasteiger partial charge < -0.3 is 16.2 Å². The second-order valence-electron chi connectivity index (χ2n) is 4.72. The Morgan fingerprint density at radius 3 is 2.45 bits per heavy atom. The Morgan fingerprint density at radius 2 is 1.85 bits per heavy atom. The maximum Gasteiger partial charge on any atom is 0.236 e. The van der Waals surface area contributed by atoms with E-state index in [0.29, 0.717) is 6.54 Å². The molecule has 1 unspecified atom stereocenters. The van der Waals surface area contributed by atoms with Gasteiger partial charge in [0.25, 0.3) is 0 Å². The van der Waals surface area contributed by atoms with Crippen LogP contribution in [-0.2, 0) is 11.3 Å². The molecule has 0 saturated carbocycles. The second kappa shape index (κ2) is 6.21. The van der Waals surface area contributed by atoms with Crippen LogP contribution in [0.3, 0.4) is 0 Å². The van der Waals surface area contributed by atoms with E-state index in [1.54, 1.807) is 19.1 Å². The minimum atomic E-state index is -0.504. The molecule has 4 N–H and O–H groups in total. The molecular weight excluding hydrogens is 252 g/mol. The van der Waals surface area contributed by atoms with E-state index < -0.39 is 6.04 Å². The molecule has 2 aromatic carbocycles. The number of rotatable bonds is 4. The predicted molar refractivity (Wildman–Crippen MR) is 79.0 cm³/mol. The highest BCUT2D eigenvalue weighted by Crippen LogP contribution is 2.28. The largest absolute Gasteiger partial charge is 0.507 e. The molecule has 2 aromatic rings. The molecule has 0 radical (unpaired) electrons. The maximum absolute atomic E-state index is 11.4. The third-order valence-corrected chi connectivity index (χ3v) is 3.05. The van der Waals surface area contributed by atoms with Crippen LogP contribution in [0.2, 0.25) is 0 Å². The van der Waals surface area contributed by atoms with Crippen molar-refractivity contribution in [3.8, 4) is 16.9 Å². The molecule has 4 nitrogen and oxygen atoms in total. The molecule has 1 atom stereocenters. The Bertz CT molecular complexity index is 592. The molecule has 0 aliphatic carbocycles. The number of benzene rings is 2. The number of aromatic hydroxyl groups is 1. The van der Waals surface area contributed by atoms with Crippen molar-refractivity contribution in [3.63, 3.8) is 0 Å². The van der Waals surface area contributed by atoms with Gasteiger partial charge in [0.1, 0.15) is 5.75 Å². The smallest absolute Gasteiger partial charge is 0.236 e. The topological polar surface area (TPSA) is 75.4 Å². The molecule has 2 rings (SSSR count). The van der Waals surface area contributed by atoms with Crippen molar-refractivity contribution in [2.45, 2.75) is 19.5 Å². The summed E-state index contributed by atoms with van der Waals surface area (Å²) in [5.41, 5.74) is 8.19. The van der Waals surface area contributed by atoms with E-state index >= 15 is 0 Å². The molecule has 0 fully saturated rings. The van der Waals surface area contributed by atoms with Gasteiger partial charge in [-0.05, 0) is 24.1 Å². The summed E-state index contributed by atoms with van der Waals surface area (Å²) >= 11 is 0. The fourth-order valence-corrected chi connectivity index (χ4v) is 1.87. The summed E-state index contributed by atoms with van der Waals surface area (Å²) in [5, 5.41) is 12.6. The Hall–Kier alpha value is -2.33. The van der Waals surface area contributed by atoms with E-state index in [0.717, 1.165) is 16.7 Å². The summed E-state index contributed by atoms with van der Waals surface area (Å²) in [6.07, 6.45) is 0. The molecule has 4 heteroatoms. The van der Waals surface area contributed by atoms with Crippen LogP contribution >= 0.6 is 0 Å². The standard InChI is InChI=1S/C16H18N2O2/c1-11(17)16(20)18-10-12-6-8-13(9-7-12)14-4-2-3-5-15(14)19/h2-9,11,19H,10,17H2,1H3,(H,18,20). The van der Waals surface area contributed by atoms with Gasteiger partial charge in [0.15, 0.2) is 0 Å². The van der Waals surface area contributed by atoms with Gasteiger partial charge in [-0.2, -0.15) is 0 Å². The summed E-state index contributed by atoms with van der Waals surface area (Å²) in [6.45, 7) is 2.10. The SMILES string of the molecule is CC(N)C(=O)NCc1ccc(-c2ccccc2O)cc1. The zero-order valence-electron chi connectivity index (χ0n) is 11.3. The lowest BCUT2D eigenvalue weighted by atomic mass is 10.0. The number of carbonyl (C=O) groups excluding carboxylic acids is 1. The summed E-state index contributed by atoms with van der Waals surface area (Å²) < 4.78 is 0. The van der Waals surface area contributed by atoms with Crippen molar-refractivity contribution in [1.82, 2.24) is 5.32 Å². The van der Waals surface area contributed by atoms with E-state index in [-0.39, 0.29) is 11.7 Å². The first kappa shape index (κ1) is 14.1. The Morgan fingerprint density at radius 1 is 1.20 bits per heavy atom. The predicted octanol–water partition coefficient (Wildman–Crippen LogP) is 2.02. The highest BCUT2D eigenvalue weighted by molar-refractivity contribution is 5.81. The molecule has 0 bridgehead atoms. The van der Waals surface area contributed by atoms with Crippen LogP contribution in [0.4, 0.5) is 0 Å². The van der Waals surface area contributed by atoms with Crippen LogP contribution in [0, 0.1) is 0 Å². The average molecular weight is 270 g/mol. The Labute approximate surface area is 118 Å². The second-order valence-corrected chi connectivity index (χ2v) is 4.72. The average Bonchev–Trinajstić information content (AvgIpc) is 2.46. The highest BCUT2D eigenvalue weighted by atomic mass is 16.3. The zero-order valence-corrected chi connectivity index (χ0v) is 11.3.